The monoisotopic (exact) mass is 411 g/mol. The van der Waals surface area contributed by atoms with Gasteiger partial charge in [0.2, 0.25) is 5.89 Å². The first-order valence-corrected chi connectivity index (χ1v) is 10.6. The van der Waals surface area contributed by atoms with E-state index < -0.39 is 0 Å². The molecule has 3 aromatic rings. The normalized spacial score (nSPS) is 18.1. The van der Waals surface area contributed by atoms with Gasteiger partial charge >= 0.3 is 6.01 Å². The smallest absolute Gasteiger partial charge is 0.318 e. The van der Waals surface area contributed by atoms with E-state index in [-0.39, 0.29) is 6.29 Å². The molecule has 9 nitrogen and oxygen atoms in total. The van der Waals surface area contributed by atoms with E-state index in [1.807, 2.05) is 42.8 Å². The molecule has 1 atom stereocenters. The summed E-state index contributed by atoms with van der Waals surface area (Å²) in [5, 5.41) is 18.1. The SMILES string of the molecule is CSc1ccc(-c2nnc(NC3Nc4cnc(N5CCOCC5)cc4N3)o2)cc1. The first-order chi connectivity index (χ1) is 14.3. The van der Waals surface area contributed by atoms with Gasteiger partial charge in [0.1, 0.15) is 5.82 Å². The van der Waals surface area contributed by atoms with E-state index in [1.165, 1.54) is 4.90 Å². The van der Waals surface area contributed by atoms with Crippen molar-refractivity contribution < 1.29 is 9.15 Å². The van der Waals surface area contributed by atoms with Gasteiger partial charge in [0.25, 0.3) is 0 Å². The summed E-state index contributed by atoms with van der Waals surface area (Å²) in [6.45, 7) is 3.16. The van der Waals surface area contributed by atoms with Gasteiger partial charge in [0.05, 0.1) is 30.8 Å². The van der Waals surface area contributed by atoms with Gasteiger partial charge in [0, 0.05) is 29.6 Å². The Kier molecular flexibility index (Phi) is 4.86. The molecule has 2 aliphatic rings. The number of hydrogen-bond donors (Lipinski definition) is 3. The van der Waals surface area contributed by atoms with Crippen LogP contribution in [0.15, 0.2) is 45.8 Å². The molecule has 0 saturated carbocycles. The van der Waals surface area contributed by atoms with Crippen molar-refractivity contribution in [2.24, 2.45) is 0 Å². The fourth-order valence-electron chi connectivity index (χ4n) is 3.32. The number of pyridine rings is 1. The number of morpholine rings is 1. The van der Waals surface area contributed by atoms with E-state index in [0.29, 0.717) is 11.9 Å². The zero-order valence-corrected chi connectivity index (χ0v) is 16.7. The lowest BCUT2D eigenvalue weighted by atomic mass is 10.2. The van der Waals surface area contributed by atoms with Crippen LogP contribution in [-0.2, 0) is 4.74 Å². The summed E-state index contributed by atoms with van der Waals surface area (Å²) in [4.78, 5) is 7.97. The van der Waals surface area contributed by atoms with Crippen LogP contribution < -0.4 is 20.9 Å². The Morgan fingerprint density at radius 2 is 1.90 bits per heavy atom. The molecule has 1 unspecified atom stereocenters. The molecule has 0 amide bonds. The maximum absolute atomic E-state index is 5.76. The van der Waals surface area contributed by atoms with Crippen molar-refractivity contribution in [2.45, 2.75) is 11.2 Å². The third-order valence-electron chi connectivity index (χ3n) is 4.85. The van der Waals surface area contributed by atoms with E-state index >= 15 is 0 Å². The molecule has 2 aromatic heterocycles. The van der Waals surface area contributed by atoms with Crippen molar-refractivity contribution in [2.75, 3.05) is 53.4 Å². The van der Waals surface area contributed by atoms with E-state index in [2.05, 4.69) is 36.0 Å². The van der Waals surface area contributed by atoms with Crippen LogP contribution in [0.2, 0.25) is 0 Å². The molecule has 0 bridgehead atoms. The van der Waals surface area contributed by atoms with Crippen LogP contribution in [0, 0.1) is 0 Å². The van der Waals surface area contributed by atoms with Crippen LogP contribution in [0.25, 0.3) is 11.5 Å². The molecule has 10 heteroatoms. The molecule has 150 valence electrons. The second-order valence-electron chi connectivity index (χ2n) is 6.69. The van der Waals surface area contributed by atoms with Crippen molar-refractivity contribution in [1.82, 2.24) is 15.2 Å². The quantitative estimate of drug-likeness (QED) is 0.543. The zero-order chi connectivity index (χ0) is 19.6. The number of benzene rings is 1. The molecule has 29 heavy (non-hydrogen) atoms. The molecule has 5 rings (SSSR count). The number of anilines is 4. The third-order valence-corrected chi connectivity index (χ3v) is 5.60. The van der Waals surface area contributed by atoms with Crippen LogP contribution in [0.4, 0.5) is 23.2 Å². The van der Waals surface area contributed by atoms with Crippen LogP contribution in [-0.4, -0.2) is 54.0 Å². The summed E-state index contributed by atoms with van der Waals surface area (Å²) in [7, 11) is 0. The fraction of sp³-hybridized carbons (Fsp3) is 0.316. The topological polar surface area (TPSA) is 100 Å². The molecule has 1 saturated heterocycles. The largest absolute Gasteiger partial charge is 0.403 e. The Bertz CT molecular complexity index is 988. The maximum atomic E-state index is 5.76. The van der Waals surface area contributed by atoms with E-state index in [0.717, 1.165) is 49.1 Å². The molecular weight excluding hydrogens is 390 g/mol. The first kappa shape index (κ1) is 18.1. The summed E-state index contributed by atoms with van der Waals surface area (Å²) in [5.74, 6) is 1.42. The van der Waals surface area contributed by atoms with E-state index in [1.54, 1.807) is 11.8 Å². The standard InChI is InChI=1S/C19H21N7O2S/c1-29-13-4-2-12(3-5-13)17-24-25-19(28-17)23-18-21-14-10-16(20-11-15(14)22-18)26-6-8-27-9-7-26/h2-5,10-11,18,21-22H,6-9H2,1H3,(H,23,25). The average molecular weight is 411 g/mol. The second-order valence-corrected chi connectivity index (χ2v) is 7.57. The van der Waals surface area contributed by atoms with Gasteiger partial charge in [-0.25, -0.2) is 4.98 Å². The highest BCUT2D eigenvalue weighted by atomic mass is 32.2. The lowest BCUT2D eigenvalue weighted by Gasteiger charge is -2.27. The summed E-state index contributed by atoms with van der Waals surface area (Å²) in [6, 6.07) is 10.4. The van der Waals surface area contributed by atoms with Crippen molar-refractivity contribution >= 4 is 35.0 Å². The van der Waals surface area contributed by atoms with Gasteiger partial charge in [-0.2, -0.15) is 0 Å². The summed E-state index contributed by atoms with van der Waals surface area (Å²) in [5.41, 5.74) is 2.79. The fourth-order valence-corrected chi connectivity index (χ4v) is 3.73. The molecular formula is C19H21N7O2S. The van der Waals surface area contributed by atoms with Crippen LogP contribution >= 0.6 is 11.8 Å². The highest BCUT2D eigenvalue weighted by molar-refractivity contribution is 7.98. The Morgan fingerprint density at radius 3 is 2.69 bits per heavy atom. The van der Waals surface area contributed by atoms with Crippen LogP contribution in [0.5, 0.6) is 0 Å². The first-order valence-electron chi connectivity index (χ1n) is 9.39. The second kappa shape index (κ2) is 7.80. The molecule has 3 N–H and O–H groups in total. The van der Waals surface area contributed by atoms with Gasteiger partial charge in [-0.15, -0.1) is 16.9 Å². The van der Waals surface area contributed by atoms with E-state index in [4.69, 9.17) is 9.15 Å². The number of nitrogens with zero attached hydrogens (tertiary/aromatic N) is 4. The minimum atomic E-state index is -0.265. The van der Waals surface area contributed by atoms with E-state index in [9.17, 15) is 0 Å². The van der Waals surface area contributed by atoms with Crippen LogP contribution in [0.3, 0.4) is 0 Å². The number of ether oxygens (including phenoxy) is 1. The third kappa shape index (κ3) is 3.81. The number of thioether (sulfide) groups is 1. The predicted molar refractivity (Wildman–Crippen MR) is 113 cm³/mol. The summed E-state index contributed by atoms with van der Waals surface area (Å²) < 4.78 is 11.2. The van der Waals surface area contributed by atoms with Crippen molar-refractivity contribution in [3.8, 4) is 11.5 Å². The molecule has 1 aromatic carbocycles. The number of aromatic nitrogens is 3. The van der Waals surface area contributed by atoms with Gasteiger partial charge in [-0.05, 0) is 30.5 Å². The minimum absolute atomic E-state index is 0.265. The average Bonchev–Trinajstić information content (AvgIpc) is 3.40. The highest BCUT2D eigenvalue weighted by Crippen LogP contribution is 2.32. The van der Waals surface area contributed by atoms with Crippen molar-refractivity contribution in [1.29, 1.82) is 0 Å². The maximum Gasteiger partial charge on any atom is 0.318 e. The van der Waals surface area contributed by atoms with Gasteiger partial charge in [0.15, 0.2) is 6.29 Å². The Hall–Kier alpha value is -2.98. The van der Waals surface area contributed by atoms with Gasteiger partial charge in [-0.1, -0.05) is 5.10 Å². The molecule has 4 heterocycles. The Morgan fingerprint density at radius 1 is 1.10 bits per heavy atom. The lowest BCUT2D eigenvalue weighted by molar-refractivity contribution is 0.122. The number of rotatable bonds is 5. The number of hydrogen-bond acceptors (Lipinski definition) is 10. The van der Waals surface area contributed by atoms with Crippen molar-refractivity contribution in [3.05, 3.63) is 36.5 Å². The summed E-state index contributed by atoms with van der Waals surface area (Å²) >= 11 is 1.69. The number of nitrogens with one attached hydrogen (secondary N) is 3. The Balaban J connectivity index is 1.25. The van der Waals surface area contributed by atoms with Crippen molar-refractivity contribution in [3.63, 3.8) is 0 Å². The molecule has 0 aliphatic carbocycles. The molecule has 0 spiro atoms. The highest BCUT2D eigenvalue weighted by Gasteiger charge is 2.23. The summed E-state index contributed by atoms with van der Waals surface area (Å²) in [6.07, 6.45) is 3.61. The zero-order valence-electron chi connectivity index (χ0n) is 15.9. The predicted octanol–water partition coefficient (Wildman–Crippen LogP) is 2.92. The Labute approximate surface area is 172 Å². The number of fused-ring (bicyclic) bond motifs is 1. The lowest BCUT2D eigenvalue weighted by Crippen LogP contribution is -2.36. The molecule has 2 aliphatic heterocycles. The van der Waals surface area contributed by atoms with Crippen LogP contribution in [0.1, 0.15) is 0 Å². The van der Waals surface area contributed by atoms with Gasteiger partial charge in [-0.3, -0.25) is 0 Å². The minimum Gasteiger partial charge on any atom is -0.403 e. The van der Waals surface area contributed by atoms with Gasteiger partial charge < -0.3 is 30.0 Å². The molecule has 0 radical (unpaired) electrons. The molecule has 1 fully saturated rings.